The first kappa shape index (κ1) is 21.9. The van der Waals surface area contributed by atoms with Gasteiger partial charge in [0.15, 0.2) is 0 Å². The first-order chi connectivity index (χ1) is 15.7. The quantitative estimate of drug-likeness (QED) is 0.485. The van der Waals surface area contributed by atoms with Crippen molar-refractivity contribution < 1.29 is 0 Å². The fraction of sp³-hybridized carbons (Fsp3) is 0.357. The van der Waals surface area contributed by atoms with Crippen molar-refractivity contribution in [3.8, 4) is 22.9 Å². The Kier molecular flexibility index (Phi) is 6.75. The second-order valence-corrected chi connectivity index (χ2v) is 8.63. The Bertz CT molecular complexity index is 1200. The number of nitriles is 1. The van der Waals surface area contributed by atoms with Crippen LogP contribution in [0.2, 0.25) is 0 Å². The van der Waals surface area contributed by atoms with Crippen LogP contribution in [0.15, 0.2) is 59.4 Å². The van der Waals surface area contributed by atoms with E-state index >= 15 is 0 Å². The lowest BCUT2D eigenvalue weighted by molar-refractivity contribution is 0.573. The molecule has 2 aromatic carbocycles. The molecule has 0 bridgehead atoms. The largest absolute Gasteiger partial charge is 0.367 e. The van der Waals surface area contributed by atoms with Crippen LogP contribution in [0.3, 0.4) is 0 Å². The predicted octanol–water partition coefficient (Wildman–Crippen LogP) is 6.02. The number of hydrogen-bond donors (Lipinski definition) is 0. The molecule has 4 heteroatoms. The van der Waals surface area contributed by atoms with Crippen molar-refractivity contribution in [2.75, 3.05) is 18.0 Å². The van der Waals surface area contributed by atoms with Gasteiger partial charge in [0.25, 0.3) is 5.56 Å². The van der Waals surface area contributed by atoms with Gasteiger partial charge in [-0.05, 0) is 62.8 Å². The summed E-state index contributed by atoms with van der Waals surface area (Å²) in [5.41, 5.74) is 6.23. The zero-order chi connectivity index (χ0) is 22.5. The third-order valence-electron chi connectivity index (χ3n) is 6.39. The van der Waals surface area contributed by atoms with Gasteiger partial charge in [-0.3, -0.25) is 9.36 Å². The first-order valence-corrected chi connectivity index (χ1v) is 11.7. The van der Waals surface area contributed by atoms with Gasteiger partial charge >= 0.3 is 0 Å². The van der Waals surface area contributed by atoms with E-state index in [4.69, 9.17) is 0 Å². The maximum Gasteiger partial charge on any atom is 0.279 e. The third kappa shape index (κ3) is 4.21. The summed E-state index contributed by atoms with van der Waals surface area (Å²) < 4.78 is 1.91. The Morgan fingerprint density at radius 3 is 2.38 bits per heavy atom. The summed E-state index contributed by atoms with van der Waals surface area (Å²) in [5.74, 6) is 0. The van der Waals surface area contributed by atoms with Gasteiger partial charge in [-0.1, -0.05) is 49.7 Å². The van der Waals surface area contributed by atoms with Crippen molar-refractivity contribution in [1.82, 2.24) is 4.57 Å². The molecule has 1 saturated heterocycles. The zero-order valence-electron chi connectivity index (χ0n) is 19.1. The van der Waals surface area contributed by atoms with Crippen molar-refractivity contribution in [2.24, 2.45) is 0 Å². The molecule has 0 unspecified atom stereocenters. The molecular formula is C28H31N3O. The van der Waals surface area contributed by atoms with Crippen molar-refractivity contribution in [1.29, 1.82) is 5.26 Å². The van der Waals surface area contributed by atoms with Gasteiger partial charge in [0.2, 0.25) is 0 Å². The molecule has 1 fully saturated rings. The lowest BCUT2D eigenvalue weighted by Gasteiger charge is -2.31. The van der Waals surface area contributed by atoms with E-state index in [2.05, 4.69) is 30.9 Å². The molecule has 1 aliphatic heterocycles. The number of rotatable bonds is 6. The van der Waals surface area contributed by atoms with E-state index in [1.165, 1.54) is 6.42 Å². The highest BCUT2D eigenvalue weighted by atomic mass is 16.1. The van der Waals surface area contributed by atoms with E-state index in [9.17, 15) is 10.1 Å². The zero-order valence-corrected chi connectivity index (χ0v) is 19.1. The number of piperidine rings is 1. The van der Waals surface area contributed by atoms with Gasteiger partial charge in [-0.2, -0.15) is 5.26 Å². The molecule has 0 saturated carbocycles. The summed E-state index contributed by atoms with van der Waals surface area (Å²) in [6.07, 6.45) is 6.43. The van der Waals surface area contributed by atoms with Crippen LogP contribution in [0.4, 0.5) is 5.69 Å². The number of pyridine rings is 1. The molecule has 1 aliphatic rings. The average molecular weight is 426 g/mol. The van der Waals surface area contributed by atoms with Gasteiger partial charge in [-0.15, -0.1) is 0 Å². The number of aryl methyl sites for hydroxylation is 2. The molecule has 164 valence electrons. The van der Waals surface area contributed by atoms with Crippen molar-refractivity contribution in [3.63, 3.8) is 0 Å². The fourth-order valence-corrected chi connectivity index (χ4v) is 4.81. The molecular weight excluding hydrogens is 394 g/mol. The number of para-hydroxylation sites is 1. The van der Waals surface area contributed by atoms with E-state index in [-0.39, 0.29) is 5.56 Å². The molecule has 0 spiro atoms. The summed E-state index contributed by atoms with van der Waals surface area (Å²) in [4.78, 5) is 16.3. The monoisotopic (exact) mass is 425 g/mol. The normalized spacial score (nSPS) is 13.7. The molecule has 0 amide bonds. The first-order valence-electron chi connectivity index (χ1n) is 11.7. The molecule has 32 heavy (non-hydrogen) atoms. The lowest BCUT2D eigenvalue weighted by Crippen LogP contribution is -2.37. The van der Waals surface area contributed by atoms with E-state index in [0.29, 0.717) is 5.56 Å². The number of anilines is 1. The highest BCUT2D eigenvalue weighted by Gasteiger charge is 2.22. The number of aromatic nitrogens is 1. The summed E-state index contributed by atoms with van der Waals surface area (Å²) in [7, 11) is 0. The molecule has 3 aromatic rings. The molecule has 0 radical (unpaired) electrons. The summed E-state index contributed by atoms with van der Waals surface area (Å²) >= 11 is 0. The SMILES string of the molecule is CCCCc1cc(C)c(N2CCCCC2)c(=O)n1-c1ccccc1-c1ccccc1C#N. The Morgan fingerprint density at radius 1 is 0.969 bits per heavy atom. The molecule has 1 aromatic heterocycles. The minimum absolute atomic E-state index is 0.0555. The standard InChI is InChI=1S/C28H31N3O/c1-3-4-13-23-19-21(2)27(30-17-10-5-11-18-30)28(32)31(23)26-16-9-8-15-25(26)24-14-7-6-12-22(24)20-29/h6-9,12,14-16,19H,3-5,10-11,13,17-18H2,1-2H3. The Hall–Kier alpha value is -3.32. The predicted molar refractivity (Wildman–Crippen MR) is 132 cm³/mol. The van der Waals surface area contributed by atoms with Crippen LogP contribution in [0.25, 0.3) is 16.8 Å². The lowest BCUT2D eigenvalue weighted by atomic mass is 9.98. The molecule has 0 N–H and O–H groups in total. The molecule has 2 heterocycles. The molecule has 0 aliphatic carbocycles. The van der Waals surface area contributed by atoms with E-state index in [1.54, 1.807) is 0 Å². The minimum Gasteiger partial charge on any atom is -0.367 e. The van der Waals surface area contributed by atoms with E-state index in [0.717, 1.165) is 79.0 Å². The topological polar surface area (TPSA) is 49.0 Å². The molecule has 4 rings (SSSR count). The highest BCUT2D eigenvalue weighted by molar-refractivity contribution is 5.78. The second-order valence-electron chi connectivity index (χ2n) is 8.63. The summed E-state index contributed by atoms with van der Waals surface area (Å²) in [6, 6.07) is 20.1. The number of hydrogen-bond acceptors (Lipinski definition) is 3. The Labute approximate surface area is 190 Å². The highest BCUT2D eigenvalue weighted by Crippen LogP contribution is 2.31. The minimum atomic E-state index is 0.0555. The van der Waals surface area contributed by atoms with Gasteiger partial charge in [-0.25, -0.2) is 0 Å². The second kappa shape index (κ2) is 9.87. The van der Waals surface area contributed by atoms with Gasteiger partial charge in [0.05, 0.1) is 17.3 Å². The van der Waals surface area contributed by atoms with Crippen LogP contribution in [0.1, 0.15) is 55.8 Å². The maximum absolute atomic E-state index is 14.1. The van der Waals surface area contributed by atoms with Crippen molar-refractivity contribution >= 4 is 5.69 Å². The van der Waals surface area contributed by atoms with Gasteiger partial charge in [0.1, 0.15) is 5.69 Å². The van der Waals surface area contributed by atoms with Crippen LogP contribution in [-0.4, -0.2) is 17.7 Å². The van der Waals surface area contributed by atoms with Crippen LogP contribution < -0.4 is 10.5 Å². The summed E-state index contributed by atoms with van der Waals surface area (Å²) in [6.45, 7) is 6.11. The fourth-order valence-electron chi connectivity index (χ4n) is 4.81. The maximum atomic E-state index is 14.1. The van der Waals surface area contributed by atoms with E-state index < -0.39 is 0 Å². The van der Waals surface area contributed by atoms with Crippen LogP contribution in [-0.2, 0) is 6.42 Å². The molecule has 4 nitrogen and oxygen atoms in total. The average Bonchev–Trinajstić information content (AvgIpc) is 2.83. The van der Waals surface area contributed by atoms with Gasteiger partial charge < -0.3 is 4.90 Å². The third-order valence-corrected chi connectivity index (χ3v) is 6.39. The number of benzene rings is 2. The van der Waals surface area contributed by atoms with Crippen LogP contribution in [0.5, 0.6) is 0 Å². The summed E-state index contributed by atoms with van der Waals surface area (Å²) in [5, 5.41) is 9.69. The van der Waals surface area contributed by atoms with E-state index in [1.807, 2.05) is 53.1 Å². The van der Waals surface area contributed by atoms with Gasteiger partial charge in [0, 0.05) is 29.9 Å². The Morgan fingerprint density at radius 2 is 1.66 bits per heavy atom. The number of nitrogens with zero attached hydrogens (tertiary/aromatic N) is 3. The van der Waals surface area contributed by atoms with Crippen LogP contribution >= 0.6 is 0 Å². The molecule has 0 atom stereocenters. The number of unbranched alkanes of at least 4 members (excludes halogenated alkanes) is 1. The smallest absolute Gasteiger partial charge is 0.279 e. The van der Waals surface area contributed by atoms with Crippen LogP contribution in [0, 0.1) is 18.3 Å². The Balaban J connectivity index is 1.97. The van der Waals surface area contributed by atoms with Crippen molar-refractivity contribution in [3.05, 3.63) is 81.8 Å². The van der Waals surface area contributed by atoms with Crippen molar-refractivity contribution in [2.45, 2.75) is 52.4 Å².